The van der Waals surface area contributed by atoms with Gasteiger partial charge in [0.2, 0.25) is 5.91 Å². The van der Waals surface area contributed by atoms with Crippen LogP contribution in [0.3, 0.4) is 0 Å². The van der Waals surface area contributed by atoms with E-state index in [0.29, 0.717) is 18.0 Å². The lowest BCUT2D eigenvalue weighted by Crippen LogP contribution is -2.49. The van der Waals surface area contributed by atoms with Crippen LogP contribution in [0, 0.1) is 12.8 Å². The van der Waals surface area contributed by atoms with E-state index in [4.69, 9.17) is 0 Å². The molecule has 0 radical (unpaired) electrons. The Hall–Kier alpha value is -1.50. The Bertz CT molecular complexity index is 710. The molecule has 1 N–H and O–H groups in total. The summed E-state index contributed by atoms with van der Waals surface area (Å²) in [6, 6.07) is 7.66. The number of nitrogens with one attached hydrogen (secondary N) is 1. The summed E-state index contributed by atoms with van der Waals surface area (Å²) in [6.45, 7) is 9.52. The summed E-state index contributed by atoms with van der Waals surface area (Å²) in [5.74, 6) is 0.505. The molecule has 1 aromatic heterocycles. The van der Waals surface area contributed by atoms with E-state index in [1.807, 2.05) is 0 Å². The number of rotatable bonds is 7. The Morgan fingerprint density at radius 1 is 1.06 bits per heavy atom. The molecule has 0 aliphatic carbocycles. The van der Waals surface area contributed by atoms with Crippen LogP contribution < -0.4 is 5.32 Å². The Balaban J connectivity index is 1.13. The molecule has 0 aromatic carbocycles. The zero-order valence-corrected chi connectivity index (χ0v) is 19.6. The smallest absolute Gasteiger partial charge is 0.223 e. The van der Waals surface area contributed by atoms with Gasteiger partial charge in [0.1, 0.15) is 0 Å². The van der Waals surface area contributed by atoms with Crippen molar-refractivity contribution in [2.45, 2.75) is 70.5 Å². The van der Waals surface area contributed by atoms with Gasteiger partial charge in [0, 0.05) is 49.9 Å². The predicted octanol–water partition coefficient (Wildman–Crippen LogP) is 2.67. The van der Waals surface area contributed by atoms with Gasteiger partial charge in [-0.25, -0.2) is 0 Å². The second-order valence-electron chi connectivity index (χ2n) is 9.94. The lowest BCUT2D eigenvalue weighted by atomic mass is 9.92. The highest BCUT2D eigenvalue weighted by molar-refractivity contribution is 5.78. The summed E-state index contributed by atoms with van der Waals surface area (Å²) in [5.41, 5.74) is 2.29. The van der Waals surface area contributed by atoms with Crippen molar-refractivity contribution in [3.8, 4) is 0 Å². The van der Waals surface area contributed by atoms with Crippen molar-refractivity contribution >= 4 is 5.91 Å². The number of piperidine rings is 2. The molecule has 172 valence electrons. The number of aryl methyl sites for hydroxylation is 1. The molecule has 6 heteroatoms. The molecule has 4 rings (SSSR count). The fourth-order valence-electron chi connectivity index (χ4n) is 5.74. The zero-order chi connectivity index (χ0) is 21.6. The molecule has 0 saturated carbocycles. The maximum Gasteiger partial charge on any atom is 0.223 e. The molecule has 3 fully saturated rings. The lowest BCUT2D eigenvalue weighted by Gasteiger charge is -2.41. The molecule has 0 bridgehead atoms. The van der Waals surface area contributed by atoms with Crippen molar-refractivity contribution in [1.82, 2.24) is 25.0 Å². The first-order chi connectivity index (χ1) is 15.1. The summed E-state index contributed by atoms with van der Waals surface area (Å²) in [6.07, 6.45) is 8.18. The van der Waals surface area contributed by atoms with Crippen LogP contribution in [0.5, 0.6) is 0 Å². The van der Waals surface area contributed by atoms with Gasteiger partial charge in [0.25, 0.3) is 0 Å². The summed E-state index contributed by atoms with van der Waals surface area (Å²) in [7, 11) is 2.21. The third-order valence-corrected chi connectivity index (χ3v) is 7.75. The fraction of sp³-hybridized carbons (Fsp3) is 0.760. The molecule has 1 aromatic rings. The van der Waals surface area contributed by atoms with E-state index in [2.05, 4.69) is 57.2 Å². The minimum atomic E-state index is 0.213. The lowest BCUT2D eigenvalue weighted by molar-refractivity contribution is -0.126. The molecule has 0 spiro atoms. The summed E-state index contributed by atoms with van der Waals surface area (Å²) < 4.78 is 0. The van der Waals surface area contributed by atoms with Crippen molar-refractivity contribution in [2.24, 2.45) is 5.92 Å². The minimum Gasteiger partial charge on any atom is -0.356 e. The summed E-state index contributed by atoms with van der Waals surface area (Å²) in [4.78, 5) is 24.9. The zero-order valence-electron chi connectivity index (χ0n) is 19.6. The van der Waals surface area contributed by atoms with E-state index < -0.39 is 0 Å². The van der Waals surface area contributed by atoms with Gasteiger partial charge in [0.05, 0.1) is 5.69 Å². The molecule has 4 heterocycles. The van der Waals surface area contributed by atoms with Crippen LogP contribution in [0.4, 0.5) is 0 Å². The molecular formula is C25H41N5O. The number of amides is 1. The fourth-order valence-corrected chi connectivity index (χ4v) is 5.74. The topological polar surface area (TPSA) is 51.7 Å². The first kappa shape index (κ1) is 22.7. The number of hydrogen-bond donors (Lipinski definition) is 1. The van der Waals surface area contributed by atoms with E-state index in [9.17, 15) is 4.79 Å². The van der Waals surface area contributed by atoms with Crippen molar-refractivity contribution in [3.63, 3.8) is 0 Å². The van der Waals surface area contributed by atoms with E-state index in [1.165, 1.54) is 37.9 Å². The highest BCUT2D eigenvalue weighted by atomic mass is 16.1. The number of carbonyl (C=O) groups excluding carboxylic acids is 1. The molecule has 1 atom stereocenters. The largest absolute Gasteiger partial charge is 0.356 e. The Morgan fingerprint density at radius 2 is 1.84 bits per heavy atom. The van der Waals surface area contributed by atoms with Crippen LogP contribution in [0.2, 0.25) is 0 Å². The molecular weight excluding hydrogens is 386 g/mol. The van der Waals surface area contributed by atoms with Gasteiger partial charge in [-0.1, -0.05) is 6.07 Å². The highest BCUT2D eigenvalue weighted by Crippen LogP contribution is 2.25. The van der Waals surface area contributed by atoms with Crippen LogP contribution in [0.1, 0.15) is 56.3 Å². The van der Waals surface area contributed by atoms with E-state index >= 15 is 0 Å². The summed E-state index contributed by atoms with van der Waals surface area (Å²) in [5, 5.41) is 3.23. The van der Waals surface area contributed by atoms with Gasteiger partial charge >= 0.3 is 0 Å². The van der Waals surface area contributed by atoms with Crippen LogP contribution in [0.15, 0.2) is 18.2 Å². The number of nitrogens with zero attached hydrogens (tertiary/aromatic N) is 4. The number of likely N-dealkylation sites (tertiary alicyclic amines) is 3. The third-order valence-electron chi connectivity index (χ3n) is 7.75. The minimum absolute atomic E-state index is 0.213. The van der Waals surface area contributed by atoms with Crippen molar-refractivity contribution < 1.29 is 4.79 Å². The number of carbonyl (C=O) groups is 1. The summed E-state index contributed by atoms with van der Waals surface area (Å²) >= 11 is 0. The SMILES string of the molecule is Cc1cccc(CN2CCC(N3CCC(C(=O)NCCC4CCCN4C)CC3)CC2)n1. The van der Waals surface area contributed by atoms with Crippen LogP contribution in [-0.4, -0.2) is 84.0 Å². The number of hydrogen-bond acceptors (Lipinski definition) is 5. The molecule has 6 nitrogen and oxygen atoms in total. The van der Waals surface area contributed by atoms with Crippen LogP contribution in [-0.2, 0) is 11.3 Å². The van der Waals surface area contributed by atoms with E-state index in [1.54, 1.807) is 0 Å². The second-order valence-corrected chi connectivity index (χ2v) is 9.94. The first-order valence-electron chi connectivity index (χ1n) is 12.5. The monoisotopic (exact) mass is 427 g/mol. The van der Waals surface area contributed by atoms with Gasteiger partial charge in [-0.05, 0) is 90.7 Å². The number of pyridine rings is 1. The second kappa shape index (κ2) is 10.9. The molecule has 1 amide bonds. The van der Waals surface area contributed by atoms with Gasteiger partial charge < -0.3 is 15.1 Å². The van der Waals surface area contributed by atoms with E-state index in [0.717, 1.165) is 64.2 Å². The first-order valence-corrected chi connectivity index (χ1v) is 12.5. The Labute approximate surface area is 188 Å². The maximum absolute atomic E-state index is 12.6. The van der Waals surface area contributed by atoms with E-state index in [-0.39, 0.29) is 5.92 Å². The van der Waals surface area contributed by atoms with Crippen molar-refractivity contribution in [2.75, 3.05) is 46.3 Å². The predicted molar refractivity (Wildman–Crippen MR) is 125 cm³/mol. The number of aromatic nitrogens is 1. The van der Waals surface area contributed by atoms with Gasteiger partial charge in [-0.15, -0.1) is 0 Å². The van der Waals surface area contributed by atoms with Crippen LogP contribution >= 0.6 is 0 Å². The normalized spacial score (nSPS) is 25.2. The van der Waals surface area contributed by atoms with Gasteiger partial charge in [0.15, 0.2) is 0 Å². The maximum atomic E-state index is 12.6. The molecule has 3 aliphatic heterocycles. The third kappa shape index (κ3) is 6.27. The highest BCUT2D eigenvalue weighted by Gasteiger charge is 2.31. The van der Waals surface area contributed by atoms with Gasteiger partial charge in [-0.2, -0.15) is 0 Å². The average molecular weight is 428 g/mol. The molecule has 3 aliphatic rings. The standard InChI is InChI=1S/C25H41N5O/c1-20-5-3-6-22(27-20)19-29-15-11-24(12-16-29)30-17-9-21(10-18-30)25(31)26-13-8-23-7-4-14-28(23)2/h3,5-6,21,23-24H,4,7-19H2,1-2H3,(H,26,31). The quantitative estimate of drug-likeness (QED) is 0.725. The molecule has 31 heavy (non-hydrogen) atoms. The molecule has 1 unspecified atom stereocenters. The Morgan fingerprint density at radius 3 is 2.52 bits per heavy atom. The van der Waals surface area contributed by atoms with Crippen molar-refractivity contribution in [3.05, 3.63) is 29.6 Å². The Kier molecular flexibility index (Phi) is 7.96. The van der Waals surface area contributed by atoms with Crippen LogP contribution in [0.25, 0.3) is 0 Å². The molecule has 3 saturated heterocycles. The van der Waals surface area contributed by atoms with Crippen molar-refractivity contribution in [1.29, 1.82) is 0 Å². The average Bonchev–Trinajstić information content (AvgIpc) is 3.19. The van der Waals surface area contributed by atoms with Gasteiger partial charge in [-0.3, -0.25) is 14.7 Å².